The standard InChI is InChI=1S/C22H35N3O2.2ClH/c1-17(18-8-7-11-23-15-18)14-22(26)24-16-20(25-12-5-6-13-25)19-9-3-4-10-21(19)27-2;;/h3-4,9-10,17-18,20,23H,5-8,11-16H2,1-2H3,(H,24,26);2*1H. The summed E-state index contributed by atoms with van der Waals surface area (Å²) in [6, 6.07) is 8.38. The van der Waals surface area contributed by atoms with Crippen molar-refractivity contribution in [2.45, 2.75) is 45.1 Å². The first kappa shape index (κ1) is 26.0. The molecular weight excluding hydrogens is 409 g/mol. The van der Waals surface area contributed by atoms with Gasteiger partial charge in [-0.3, -0.25) is 9.69 Å². The number of piperidine rings is 1. The van der Waals surface area contributed by atoms with Crippen molar-refractivity contribution in [2.24, 2.45) is 11.8 Å². The summed E-state index contributed by atoms with van der Waals surface area (Å²) in [7, 11) is 1.72. The zero-order valence-corrected chi connectivity index (χ0v) is 19.3. The second kappa shape index (κ2) is 13.3. The average Bonchev–Trinajstić information content (AvgIpc) is 3.23. The molecule has 2 aliphatic rings. The van der Waals surface area contributed by atoms with E-state index >= 15 is 0 Å². The Labute approximate surface area is 188 Å². The number of ether oxygens (including phenoxy) is 1. The van der Waals surface area contributed by atoms with Gasteiger partial charge in [0, 0.05) is 18.5 Å². The monoisotopic (exact) mass is 445 g/mol. The van der Waals surface area contributed by atoms with E-state index in [4.69, 9.17) is 4.74 Å². The van der Waals surface area contributed by atoms with Gasteiger partial charge in [-0.2, -0.15) is 0 Å². The topological polar surface area (TPSA) is 53.6 Å². The van der Waals surface area contributed by atoms with E-state index in [0.29, 0.717) is 24.8 Å². The van der Waals surface area contributed by atoms with Crippen LogP contribution in [0.1, 0.15) is 50.6 Å². The fourth-order valence-electron chi connectivity index (χ4n) is 4.54. The summed E-state index contributed by atoms with van der Waals surface area (Å²) in [5, 5.41) is 6.68. The molecule has 0 spiro atoms. The molecule has 0 aliphatic carbocycles. The molecule has 0 saturated carbocycles. The number of halogens is 2. The van der Waals surface area contributed by atoms with Crippen molar-refractivity contribution >= 4 is 30.7 Å². The molecule has 1 aromatic carbocycles. The van der Waals surface area contributed by atoms with Crippen molar-refractivity contribution in [2.75, 3.05) is 39.8 Å². The Bertz CT molecular complexity index is 605. The van der Waals surface area contributed by atoms with Gasteiger partial charge in [0.05, 0.1) is 13.2 Å². The van der Waals surface area contributed by atoms with Gasteiger partial charge in [0.1, 0.15) is 5.75 Å². The molecule has 2 N–H and O–H groups in total. The number of nitrogens with zero attached hydrogens (tertiary/aromatic N) is 1. The van der Waals surface area contributed by atoms with E-state index in [1.54, 1.807) is 7.11 Å². The highest BCUT2D eigenvalue weighted by Gasteiger charge is 2.27. The third kappa shape index (κ3) is 7.32. The van der Waals surface area contributed by atoms with Crippen LogP contribution in [-0.4, -0.2) is 50.6 Å². The molecule has 2 aliphatic heterocycles. The normalized spacial score (nSPS) is 21.4. The fraction of sp³-hybridized carbons (Fsp3) is 0.682. The third-order valence-corrected chi connectivity index (χ3v) is 6.22. The molecule has 1 amide bonds. The summed E-state index contributed by atoms with van der Waals surface area (Å²) >= 11 is 0. The van der Waals surface area contributed by atoms with Gasteiger partial charge in [0.25, 0.3) is 0 Å². The minimum absolute atomic E-state index is 0. The third-order valence-electron chi connectivity index (χ3n) is 6.22. The van der Waals surface area contributed by atoms with Crippen LogP contribution in [0, 0.1) is 11.8 Å². The number of amides is 1. The van der Waals surface area contributed by atoms with Gasteiger partial charge >= 0.3 is 0 Å². The van der Waals surface area contributed by atoms with E-state index < -0.39 is 0 Å². The second-order valence-corrected chi connectivity index (χ2v) is 8.09. The van der Waals surface area contributed by atoms with Gasteiger partial charge in [0.15, 0.2) is 0 Å². The van der Waals surface area contributed by atoms with Gasteiger partial charge in [-0.1, -0.05) is 25.1 Å². The molecule has 3 unspecified atom stereocenters. The maximum absolute atomic E-state index is 12.6. The second-order valence-electron chi connectivity index (χ2n) is 8.09. The fourth-order valence-corrected chi connectivity index (χ4v) is 4.54. The molecule has 0 radical (unpaired) electrons. The van der Waals surface area contributed by atoms with Crippen LogP contribution in [0.4, 0.5) is 0 Å². The van der Waals surface area contributed by atoms with E-state index in [2.05, 4.69) is 34.6 Å². The van der Waals surface area contributed by atoms with Crippen LogP contribution in [0.3, 0.4) is 0 Å². The molecule has 0 aromatic heterocycles. The summed E-state index contributed by atoms with van der Waals surface area (Å²) in [4.78, 5) is 15.1. The predicted molar refractivity (Wildman–Crippen MR) is 123 cm³/mol. The lowest BCUT2D eigenvalue weighted by molar-refractivity contribution is -0.122. The zero-order valence-electron chi connectivity index (χ0n) is 17.7. The van der Waals surface area contributed by atoms with Crippen LogP contribution in [-0.2, 0) is 4.79 Å². The van der Waals surface area contributed by atoms with Crippen molar-refractivity contribution in [3.8, 4) is 5.75 Å². The largest absolute Gasteiger partial charge is 0.496 e. The van der Waals surface area contributed by atoms with Crippen molar-refractivity contribution in [1.29, 1.82) is 0 Å². The first-order valence-corrected chi connectivity index (χ1v) is 10.5. The van der Waals surface area contributed by atoms with Gasteiger partial charge < -0.3 is 15.4 Å². The molecule has 29 heavy (non-hydrogen) atoms. The Kier molecular flexibility index (Phi) is 12.0. The van der Waals surface area contributed by atoms with Gasteiger partial charge in [-0.15, -0.1) is 24.8 Å². The van der Waals surface area contributed by atoms with Crippen molar-refractivity contribution in [3.05, 3.63) is 29.8 Å². The Hall–Kier alpha value is -1.01. The SMILES string of the molecule is COc1ccccc1C(CNC(=O)CC(C)C1CCCNC1)N1CCCC1.Cl.Cl. The Balaban J connectivity index is 0.00000210. The number of benzene rings is 1. The summed E-state index contributed by atoms with van der Waals surface area (Å²) in [5.41, 5.74) is 1.17. The maximum atomic E-state index is 12.6. The minimum Gasteiger partial charge on any atom is -0.496 e. The number of hydrogen-bond acceptors (Lipinski definition) is 4. The van der Waals surface area contributed by atoms with Gasteiger partial charge in [0.2, 0.25) is 5.91 Å². The molecule has 1 aromatic rings. The lowest BCUT2D eigenvalue weighted by Crippen LogP contribution is -2.39. The Morgan fingerprint density at radius 3 is 2.62 bits per heavy atom. The zero-order chi connectivity index (χ0) is 19.1. The number of hydrogen-bond donors (Lipinski definition) is 2. The average molecular weight is 446 g/mol. The summed E-state index contributed by atoms with van der Waals surface area (Å²) in [6.45, 7) is 7.20. The maximum Gasteiger partial charge on any atom is 0.220 e. The highest BCUT2D eigenvalue weighted by atomic mass is 35.5. The summed E-state index contributed by atoms with van der Waals surface area (Å²) < 4.78 is 5.59. The van der Waals surface area contributed by atoms with Gasteiger partial charge in [-0.05, 0) is 69.8 Å². The van der Waals surface area contributed by atoms with Crippen LogP contribution >= 0.6 is 24.8 Å². The number of rotatable bonds is 8. The first-order chi connectivity index (χ1) is 13.2. The smallest absolute Gasteiger partial charge is 0.220 e. The quantitative estimate of drug-likeness (QED) is 0.638. The minimum atomic E-state index is 0. The molecule has 3 atom stereocenters. The molecule has 0 bridgehead atoms. The first-order valence-electron chi connectivity index (χ1n) is 10.5. The highest BCUT2D eigenvalue weighted by Crippen LogP contribution is 2.31. The number of carbonyl (C=O) groups is 1. The molecule has 166 valence electrons. The number of likely N-dealkylation sites (tertiary alicyclic amines) is 1. The molecule has 2 saturated heterocycles. The van der Waals surface area contributed by atoms with Crippen LogP contribution < -0.4 is 15.4 Å². The number of nitrogens with one attached hydrogen (secondary N) is 2. The lowest BCUT2D eigenvalue weighted by Gasteiger charge is -2.30. The highest BCUT2D eigenvalue weighted by molar-refractivity contribution is 5.85. The Morgan fingerprint density at radius 1 is 1.24 bits per heavy atom. The summed E-state index contributed by atoms with van der Waals surface area (Å²) in [5.74, 6) is 2.12. The Morgan fingerprint density at radius 2 is 1.97 bits per heavy atom. The van der Waals surface area contributed by atoms with Crippen molar-refractivity contribution in [3.63, 3.8) is 0 Å². The molecule has 2 fully saturated rings. The van der Waals surface area contributed by atoms with Crippen LogP contribution in [0.2, 0.25) is 0 Å². The van der Waals surface area contributed by atoms with E-state index in [1.165, 1.54) is 31.2 Å². The number of carbonyl (C=O) groups excluding carboxylic acids is 1. The molecular formula is C22H37Cl2N3O2. The van der Waals surface area contributed by atoms with E-state index in [1.807, 2.05) is 12.1 Å². The van der Waals surface area contributed by atoms with Crippen LogP contribution in [0.15, 0.2) is 24.3 Å². The van der Waals surface area contributed by atoms with E-state index in [-0.39, 0.29) is 36.8 Å². The van der Waals surface area contributed by atoms with Crippen molar-refractivity contribution < 1.29 is 9.53 Å². The summed E-state index contributed by atoms with van der Waals surface area (Å²) in [6.07, 6.45) is 5.53. The molecule has 7 heteroatoms. The molecule has 2 heterocycles. The molecule has 5 nitrogen and oxygen atoms in total. The van der Waals surface area contributed by atoms with Crippen LogP contribution in [0.25, 0.3) is 0 Å². The molecule has 3 rings (SSSR count). The lowest BCUT2D eigenvalue weighted by atomic mass is 9.85. The van der Waals surface area contributed by atoms with Crippen LogP contribution in [0.5, 0.6) is 5.75 Å². The van der Waals surface area contributed by atoms with E-state index in [0.717, 1.165) is 31.9 Å². The van der Waals surface area contributed by atoms with E-state index in [9.17, 15) is 4.79 Å². The predicted octanol–water partition coefficient (Wildman–Crippen LogP) is 3.82. The van der Waals surface area contributed by atoms with Crippen molar-refractivity contribution in [1.82, 2.24) is 15.5 Å². The number of methoxy groups -OCH3 is 1. The van der Waals surface area contributed by atoms with Gasteiger partial charge in [-0.25, -0.2) is 0 Å². The number of para-hydroxylation sites is 1.